The van der Waals surface area contributed by atoms with E-state index < -0.39 is 11.7 Å². The summed E-state index contributed by atoms with van der Waals surface area (Å²) in [6.45, 7) is 10.1. The van der Waals surface area contributed by atoms with Crippen molar-refractivity contribution >= 4 is 16.9 Å². The molecule has 33 heavy (non-hydrogen) atoms. The Morgan fingerprint density at radius 3 is 2.55 bits per heavy atom. The summed E-state index contributed by atoms with van der Waals surface area (Å²) in [6, 6.07) is 10.3. The molecule has 1 saturated heterocycles. The maximum absolute atomic E-state index is 13.3. The minimum absolute atomic E-state index is 0.0226. The average Bonchev–Trinajstić information content (AvgIpc) is 3.39. The van der Waals surface area contributed by atoms with Gasteiger partial charge in [0.2, 0.25) is 0 Å². The van der Waals surface area contributed by atoms with Crippen molar-refractivity contribution in [1.82, 2.24) is 29.4 Å². The number of benzene rings is 1. The largest absolute Gasteiger partial charge is 0.335 e. The zero-order valence-electron chi connectivity index (χ0n) is 18.9. The van der Waals surface area contributed by atoms with Gasteiger partial charge < -0.3 is 4.90 Å². The van der Waals surface area contributed by atoms with Crippen LogP contribution in [-0.4, -0.2) is 48.4 Å². The van der Waals surface area contributed by atoms with Gasteiger partial charge in [0.15, 0.2) is 11.5 Å². The predicted molar refractivity (Wildman–Crippen MR) is 125 cm³/mol. The highest BCUT2D eigenvalue weighted by Gasteiger charge is 2.37. The lowest BCUT2D eigenvalue weighted by Crippen LogP contribution is -2.48. The smallest absolute Gasteiger partial charge is 0.282 e. The molecule has 0 atom stereocenters. The van der Waals surface area contributed by atoms with Crippen molar-refractivity contribution in [3.05, 3.63) is 72.6 Å². The highest BCUT2D eigenvalue weighted by molar-refractivity contribution is 5.96. The van der Waals surface area contributed by atoms with Gasteiger partial charge in [-0.25, -0.2) is 14.1 Å². The van der Waals surface area contributed by atoms with Crippen LogP contribution in [0, 0.1) is 6.92 Å². The molecular weight excluding hydrogens is 419 g/mol. The Morgan fingerprint density at radius 2 is 1.91 bits per heavy atom. The molecule has 0 unspecified atom stereocenters. The maximum Gasteiger partial charge on any atom is 0.282 e. The Bertz CT molecular complexity index is 1360. The summed E-state index contributed by atoms with van der Waals surface area (Å²) < 4.78 is 17.1. The fraction of sp³-hybridized carbons (Fsp3) is 0.280. The molecule has 168 valence electrons. The first-order valence-electron chi connectivity index (χ1n) is 11.0. The van der Waals surface area contributed by atoms with Gasteiger partial charge in [-0.3, -0.25) is 9.48 Å². The second kappa shape index (κ2) is 7.95. The molecule has 0 saturated carbocycles. The van der Waals surface area contributed by atoms with E-state index in [1.165, 1.54) is 4.90 Å². The molecule has 1 fully saturated rings. The number of aryl methyl sites for hydroxylation is 1. The first-order chi connectivity index (χ1) is 15.8. The number of amides is 1. The zero-order chi connectivity index (χ0) is 23.3. The van der Waals surface area contributed by atoms with E-state index in [0.717, 1.165) is 39.1 Å². The van der Waals surface area contributed by atoms with Crippen LogP contribution < -0.4 is 0 Å². The molecule has 0 radical (unpaired) electrons. The molecule has 4 aromatic rings. The summed E-state index contributed by atoms with van der Waals surface area (Å²) in [5.41, 5.74) is 5.61. The number of halogens is 1. The van der Waals surface area contributed by atoms with E-state index in [-0.39, 0.29) is 12.0 Å². The minimum Gasteiger partial charge on any atom is -0.335 e. The van der Waals surface area contributed by atoms with E-state index in [2.05, 4.69) is 30.5 Å². The Hall–Kier alpha value is -3.81. The summed E-state index contributed by atoms with van der Waals surface area (Å²) in [5, 5.41) is 10.4. The number of likely N-dealkylation sites (tertiary alicyclic amines) is 1. The number of fused-ring (bicyclic) bond motifs is 1. The Morgan fingerprint density at radius 1 is 1.18 bits per heavy atom. The van der Waals surface area contributed by atoms with E-state index in [1.54, 1.807) is 6.20 Å². The van der Waals surface area contributed by atoms with Gasteiger partial charge in [0.1, 0.15) is 0 Å². The molecule has 1 aliphatic heterocycles. The third kappa shape index (κ3) is 3.61. The van der Waals surface area contributed by atoms with Gasteiger partial charge >= 0.3 is 0 Å². The second-order valence-electron chi connectivity index (χ2n) is 8.80. The minimum atomic E-state index is -0.938. The van der Waals surface area contributed by atoms with E-state index in [9.17, 15) is 9.18 Å². The quantitative estimate of drug-likeness (QED) is 0.423. The van der Waals surface area contributed by atoms with Gasteiger partial charge in [0.25, 0.3) is 5.91 Å². The highest BCUT2D eigenvalue weighted by atomic mass is 19.1. The lowest BCUT2D eigenvalue weighted by Gasteiger charge is -2.38. The van der Waals surface area contributed by atoms with Gasteiger partial charge in [-0.15, -0.1) is 0 Å². The topological polar surface area (TPSA) is 68.8 Å². The molecule has 0 bridgehead atoms. The monoisotopic (exact) mass is 444 g/mol. The zero-order valence-corrected chi connectivity index (χ0v) is 18.9. The van der Waals surface area contributed by atoms with Crippen molar-refractivity contribution in [3.63, 3.8) is 0 Å². The van der Waals surface area contributed by atoms with E-state index in [1.807, 2.05) is 59.0 Å². The van der Waals surface area contributed by atoms with Gasteiger partial charge in [0.05, 0.1) is 23.0 Å². The number of nitrogens with zero attached hydrogens (tertiary/aromatic N) is 6. The predicted octanol–water partition coefficient (Wildman–Crippen LogP) is 4.58. The van der Waals surface area contributed by atoms with E-state index >= 15 is 0 Å². The van der Waals surface area contributed by atoms with Crippen LogP contribution in [0.2, 0.25) is 0 Å². The molecule has 5 rings (SSSR count). The number of hydrogen-bond donors (Lipinski definition) is 0. The molecule has 1 aromatic carbocycles. The maximum atomic E-state index is 13.3. The van der Waals surface area contributed by atoms with Crippen LogP contribution in [0.4, 0.5) is 4.39 Å². The van der Waals surface area contributed by atoms with Crippen LogP contribution in [0.1, 0.15) is 37.1 Å². The van der Waals surface area contributed by atoms with Crippen LogP contribution >= 0.6 is 0 Å². The number of rotatable bonds is 5. The van der Waals surface area contributed by atoms with Crippen LogP contribution in [0.3, 0.4) is 0 Å². The van der Waals surface area contributed by atoms with Crippen molar-refractivity contribution in [3.8, 4) is 16.8 Å². The van der Waals surface area contributed by atoms with Gasteiger partial charge in [-0.05, 0) is 44.5 Å². The van der Waals surface area contributed by atoms with Crippen molar-refractivity contribution in [2.45, 2.75) is 32.7 Å². The lowest BCUT2D eigenvalue weighted by molar-refractivity contribution is -0.133. The van der Waals surface area contributed by atoms with E-state index in [0.29, 0.717) is 13.1 Å². The number of pyridine rings is 1. The van der Waals surface area contributed by atoms with Gasteiger partial charge in [0, 0.05) is 43.0 Å². The third-order valence-electron chi connectivity index (χ3n) is 6.10. The Kier molecular flexibility index (Phi) is 5.08. The fourth-order valence-corrected chi connectivity index (χ4v) is 4.21. The molecule has 1 aliphatic rings. The van der Waals surface area contributed by atoms with Crippen molar-refractivity contribution < 1.29 is 9.18 Å². The lowest BCUT2D eigenvalue weighted by atomic mass is 9.92. The number of hydrogen-bond acceptors (Lipinski definition) is 4. The fourth-order valence-electron chi connectivity index (χ4n) is 4.21. The van der Waals surface area contributed by atoms with Crippen molar-refractivity contribution in [1.29, 1.82) is 0 Å². The summed E-state index contributed by atoms with van der Waals surface area (Å²) in [5.74, 6) is -1.62. The second-order valence-corrected chi connectivity index (χ2v) is 8.80. The average molecular weight is 445 g/mol. The van der Waals surface area contributed by atoms with Crippen molar-refractivity contribution in [2.24, 2.45) is 0 Å². The number of aromatic nitrogens is 5. The van der Waals surface area contributed by atoms with E-state index in [4.69, 9.17) is 5.10 Å². The first-order valence-corrected chi connectivity index (χ1v) is 11.0. The first kappa shape index (κ1) is 21.1. The standard InChI is InChI=1S/C25H25FN6O/c1-15(2)31-14-18(11-28-31)21-9-10-27-24-22(21)23(19-12-30(13-19)25(33)17(4)26)29-32(24)20-7-5-16(3)6-8-20/h5-11,14-15,19H,4,12-13H2,1-3H3. The summed E-state index contributed by atoms with van der Waals surface area (Å²) in [4.78, 5) is 18.1. The molecule has 0 aliphatic carbocycles. The van der Waals surface area contributed by atoms with Crippen LogP contribution in [-0.2, 0) is 4.79 Å². The molecule has 4 heterocycles. The van der Waals surface area contributed by atoms with Crippen LogP contribution in [0.15, 0.2) is 61.3 Å². The summed E-state index contributed by atoms with van der Waals surface area (Å²) in [7, 11) is 0. The molecule has 8 heteroatoms. The van der Waals surface area contributed by atoms with Crippen molar-refractivity contribution in [2.75, 3.05) is 13.1 Å². The Balaban J connectivity index is 1.65. The Labute approximate surface area is 191 Å². The van der Waals surface area contributed by atoms with Crippen LogP contribution in [0.25, 0.3) is 27.8 Å². The molecular formula is C25H25FN6O. The number of carbonyl (C=O) groups excluding carboxylic acids is 1. The molecule has 0 N–H and O–H groups in total. The van der Waals surface area contributed by atoms with Gasteiger partial charge in [-0.1, -0.05) is 24.3 Å². The number of carbonyl (C=O) groups is 1. The molecule has 3 aromatic heterocycles. The summed E-state index contributed by atoms with van der Waals surface area (Å²) in [6.07, 6.45) is 5.66. The normalized spacial score (nSPS) is 14.2. The third-order valence-corrected chi connectivity index (χ3v) is 6.10. The van der Waals surface area contributed by atoms with Gasteiger partial charge in [-0.2, -0.15) is 10.2 Å². The molecule has 7 nitrogen and oxygen atoms in total. The SMILES string of the molecule is C=C(F)C(=O)N1CC(c2nn(-c3ccc(C)cc3)c3nccc(-c4cnn(C(C)C)c4)c23)C1. The molecule has 1 amide bonds. The highest BCUT2D eigenvalue weighted by Crippen LogP contribution is 2.38. The van der Waals surface area contributed by atoms with Crippen LogP contribution in [0.5, 0.6) is 0 Å². The molecule has 0 spiro atoms. The summed E-state index contributed by atoms with van der Waals surface area (Å²) >= 11 is 0.